The Balaban J connectivity index is 2.74. The molecule has 0 aromatic carbocycles. The molecule has 1 rings (SSSR count). The fraction of sp³-hybridized carbons (Fsp3) is 0.857. The van der Waals surface area contributed by atoms with Crippen LogP contribution in [0.2, 0.25) is 0 Å². The van der Waals surface area contributed by atoms with Crippen molar-refractivity contribution in [2.75, 3.05) is 13.1 Å². The van der Waals surface area contributed by atoms with E-state index in [1.165, 1.54) is 0 Å². The molecule has 0 aromatic heterocycles. The number of morpholine rings is 1. The Morgan fingerprint density at radius 2 is 1.65 bits per heavy atom. The minimum Gasteiger partial charge on any atom is -0.481 e. The van der Waals surface area contributed by atoms with Crippen LogP contribution < -0.4 is 5.32 Å². The van der Waals surface area contributed by atoms with Gasteiger partial charge in [0.2, 0.25) is 0 Å². The molecule has 0 aromatic rings. The van der Waals surface area contributed by atoms with Crippen LogP contribution in [0.1, 0.15) is 48.0 Å². The first-order valence-corrected chi connectivity index (χ1v) is 6.81. The number of carbonyl (C=O) groups is 2. The number of rotatable bonds is 3. The minimum atomic E-state index is -0.932. The maximum Gasteiger partial charge on any atom is 0.318 e. The summed E-state index contributed by atoms with van der Waals surface area (Å²) >= 11 is 0. The Labute approximate surface area is 120 Å². The SMILES string of the molecule is CC(C)(CC(=O)O)NC(=O)N1CC(C)(C)OC(C)(C)C1. The summed E-state index contributed by atoms with van der Waals surface area (Å²) < 4.78 is 5.92. The Bertz CT molecular complexity index is 386. The first-order chi connectivity index (χ1) is 8.82. The zero-order chi connectivity index (χ0) is 15.8. The third-order valence-corrected chi connectivity index (χ3v) is 3.02. The molecule has 0 bridgehead atoms. The lowest BCUT2D eigenvalue weighted by Gasteiger charge is -2.47. The van der Waals surface area contributed by atoms with Gasteiger partial charge in [0.1, 0.15) is 0 Å². The van der Waals surface area contributed by atoms with E-state index < -0.39 is 22.7 Å². The number of aliphatic carboxylic acids is 1. The van der Waals surface area contributed by atoms with E-state index in [-0.39, 0.29) is 12.5 Å². The summed E-state index contributed by atoms with van der Waals surface area (Å²) in [4.78, 5) is 24.8. The third-order valence-electron chi connectivity index (χ3n) is 3.02. The normalized spacial score (nSPS) is 21.4. The highest BCUT2D eigenvalue weighted by Gasteiger charge is 2.40. The van der Waals surface area contributed by atoms with Crippen molar-refractivity contribution in [2.45, 2.75) is 64.7 Å². The second-order valence-electron chi connectivity index (χ2n) is 7.36. The molecule has 1 saturated heterocycles. The number of amides is 2. The molecule has 1 heterocycles. The number of hydrogen-bond acceptors (Lipinski definition) is 3. The molecule has 1 aliphatic rings. The number of carbonyl (C=O) groups excluding carboxylic acids is 1. The van der Waals surface area contributed by atoms with Crippen molar-refractivity contribution < 1.29 is 19.4 Å². The third kappa shape index (κ3) is 5.00. The fourth-order valence-electron chi connectivity index (χ4n) is 2.72. The van der Waals surface area contributed by atoms with Crippen molar-refractivity contribution in [2.24, 2.45) is 0 Å². The van der Waals surface area contributed by atoms with Crippen LogP contribution in [0.3, 0.4) is 0 Å². The van der Waals surface area contributed by atoms with Gasteiger partial charge in [-0.15, -0.1) is 0 Å². The van der Waals surface area contributed by atoms with Crippen LogP contribution in [0, 0.1) is 0 Å². The van der Waals surface area contributed by atoms with Crippen molar-refractivity contribution in [3.05, 3.63) is 0 Å². The number of ether oxygens (including phenoxy) is 1. The molecule has 20 heavy (non-hydrogen) atoms. The molecule has 6 heteroatoms. The van der Waals surface area contributed by atoms with E-state index in [0.29, 0.717) is 13.1 Å². The standard InChI is InChI=1S/C14H26N2O4/c1-12(2,7-10(17)18)15-11(19)16-8-13(3,4)20-14(5,6)9-16/h7-9H2,1-6H3,(H,15,19)(H,17,18). The summed E-state index contributed by atoms with van der Waals surface area (Å²) in [5.74, 6) is -0.932. The quantitative estimate of drug-likeness (QED) is 0.829. The van der Waals surface area contributed by atoms with E-state index in [2.05, 4.69) is 5.32 Å². The van der Waals surface area contributed by atoms with Gasteiger partial charge in [-0.3, -0.25) is 4.79 Å². The monoisotopic (exact) mass is 286 g/mol. The number of hydrogen-bond donors (Lipinski definition) is 2. The lowest BCUT2D eigenvalue weighted by molar-refractivity contribution is -0.170. The van der Waals surface area contributed by atoms with Gasteiger partial charge in [-0.1, -0.05) is 0 Å². The minimum absolute atomic E-state index is 0.115. The van der Waals surface area contributed by atoms with Gasteiger partial charge in [0.25, 0.3) is 0 Å². The van der Waals surface area contributed by atoms with E-state index in [4.69, 9.17) is 9.84 Å². The summed E-state index contributed by atoms with van der Waals surface area (Å²) in [6.45, 7) is 12.1. The van der Waals surface area contributed by atoms with Crippen LogP contribution >= 0.6 is 0 Å². The van der Waals surface area contributed by atoms with E-state index >= 15 is 0 Å². The predicted molar refractivity (Wildman–Crippen MR) is 75.7 cm³/mol. The Hall–Kier alpha value is -1.30. The number of urea groups is 1. The summed E-state index contributed by atoms with van der Waals surface area (Å²) in [5, 5.41) is 11.6. The van der Waals surface area contributed by atoms with Crippen LogP contribution in [-0.4, -0.2) is 51.8 Å². The molecule has 0 aliphatic carbocycles. The highest BCUT2D eigenvalue weighted by atomic mass is 16.5. The Morgan fingerprint density at radius 1 is 1.20 bits per heavy atom. The van der Waals surface area contributed by atoms with E-state index in [1.807, 2.05) is 27.7 Å². The van der Waals surface area contributed by atoms with Gasteiger partial charge in [-0.05, 0) is 41.5 Å². The lowest BCUT2D eigenvalue weighted by atomic mass is 9.98. The highest BCUT2D eigenvalue weighted by molar-refractivity contribution is 5.77. The molecule has 0 spiro atoms. The molecule has 116 valence electrons. The fourth-order valence-corrected chi connectivity index (χ4v) is 2.72. The molecule has 1 aliphatic heterocycles. The Kier molecular flexibility index (Phi) is 4.39. The molecule has 0 saturated carbocycles. The topological polar surface area (TPSA) is 78.9 Å². The van der Waals surface area contributed by atoms with Crippen molar-refractivity contribution in [1.29, 1.82) is 0 Å². The molecular weight excluding hydrogens is 260 g/mol. The maximum absolute atomic E-state index is 12.3. The van der Waals surface area contributed by atoms with Crippen LogP contribution in [0.25, 0.3) is 0 Å². The largest absolute Gasteiger partial charge is 0.481 e. The van der Waals surface area contributed by atoms with Crippen molar-refractivity contribution in [3.8, 4) is 0 Å². The van der Waals surface area contributed by atoms with Gasteiger partial charge in [-0.2, -0.15) is 0 Å². The summed E-state index contributed by atoms with van der Waals surface area (Å²) in [7, 11) is 0. The van der Waals surface area contributed by atoms with Crippen LogP contribution in [-0.2, 0) is 9.53 Å². The predicted octanol–water partition coefficient (Wildman–Crippen LogP) is 1.84. The van der Waals surface area contributed by atoms with Crippen molar-refractivity contribution >= 4 is 12.0 Å². The summed E-state index contributed by atoms with van der Waals surface area (Å²) in [6.07, 6.45) is -0.115. The molecule has 2 N–H and O–H groups in total. The van der Waals surface area contributed by atoms with Gasteiger partial charge >= 0.3 is 12.0 Å². The van der Waals surface area contributed by atoms with E-state index in [0.717, 1.165) is 0 Å². The number of nitrogens with zero attached hydrogens (tertiary/aromatic N) is 1. The molecule has 2 amide bonds. The number of carboxylic acid groups (broad SMARTS) is 1. The average Bonchev–Trinajstić information content (AvgIpc) is 2.08. The average molecular weight is 286 g/mol. The lowest BCUT2D eigenvalue weighted by Crippen LogP contribution is -2.62. The molecular formula is C14H26N2O4. The van der Waals surface area contributed by atoms with Gasteiger partial charge in [0, 0.05) is 5.54 Å². The van der Waals surface area contributed by atoms with Crippen molar-refractivity contribution in [1.82, 2.24) is 10.2 Å². The smallest absolute Gasteiger partial charge is 0.318 e. The Morgan fingerprint density at radius 3 is 2.05 bits per heavy atom. The van der Waals surface area contributed by atoms with E-state index in [9.17, 15) is 9.59 Å². The molecule has 6 nitrogen and oxygen atoms in total. The van der Waals surface area contributed by atoms with Gasteiger partial charge in [0.05, 0.1) is 30.7 Å². The zero-order valence-corrected chi connectivity index (χ0v) is 13.2. The number of nitrogens with one attached hydrogen (secondary N) is 1. The van der Waals surface area contributed by atoms with E-state index in [1.54, 1.807) is 18.7 Å². The van der Waals surface area contributed by atoms with Gasteiger partial charge in [0.15, 0.2) is 0 Å². The molecule has 1 fully saturated rings. The van der Waals surface area contributed by atoms with Crippen LogP contribution in [0.5, 0.6) is 0 Å². The zero-order valence-electron chi connectivity index (χ0n) is 13.2. The first-order valence-electron chi connectivity index (χ1n) is 6.81. The van der Waals surface area contributed by atoms with Crippen molar-refractivity contribution in [3.63, 3.8) is 0 Å². The second-order valence-corrected chi connectivity index (χ2v) is 7.36. The molecule has 0 atom stereocenters. The molecule has 0 radical (unpaired) electrons. The summed E-state index contributed by atoms with van der Waals surface area (Å²) in [5.41, 5.74) is -1.62. The van der Waals surface area contributed by atoms with Crippen LogP contribution in [0.15, 0.2) is 0 Å². The number of carboxylic acids is 1. The van der Waals surface area contributed by atoms with Crippen LogP contribution in [0.4, 0.5) is 4.79 Å². The van der Waals surface area contributed by atoms with Gasteiger partial charge < -0.3 is 20.1 Å². The summed E-state index contributed by atoms with van der Waals surface area (Å²) in [6, 6.07) is -0.249. The second kappa shape index (κ2) is 5.24. The first kappa shape index (κ1) is 16.8. The maximum atomic E-state index is 12.3. The highest BCUT2D eigenvalue weighted by Crippen LogP contribution is 2.28. The molecule has 0 unspecified atom stereocenters. The van der Waals surface area contributed by atoms with Gasteiger partial charge in [-0.25, -0.2) is 4.79 Å².